The number of fused-ring (bicyclic) bond motifs is 1. The quantitative estimate of drug-likeness (QED) is 0.580. The van der Waals surface area contributed by atoms with Gasteiger partial charge in [-0.1, -0.05) is 0 Å². The monoisotopic (exact) mass is 289 g/mol. The van der Waals surface area contributed by atoms with Crippen molar-refractivity contribution in [1.82, 2.24) is 14.4 Å². The summed E-state index contributed by atoms with van der Waals surface area (Å²) in [6.07, 6.45) is 0.924. The number of hydrogen-bond donors (Lipinski definition) is 3. The molecule has 2 aliphatic heterocycles. The first-order valence-electron chi connectivity index (χ1n) is 6.47. The first-order valence-corrected chi connectivity index (χ1v) is 6.47. The van der Waals surface area contributed by atoms with Crippen LogP contribution in [0.1, 0.15) is 24.5 Å². The van der Waals surface area contributed by atoms with Crippen LogP contribution in [0, 0.1) is 11.2 Å². The molecular formula is C11H14BN6O3. The van der Waals surface area contributed by atoms with Crippen molar-refractivity contribution in [1.29, 1.82) is 5.26 Å². The number of aliphatic hydroxyl groups is 2. The number of nitrogens with zero attached hydrogens (tertiary/aromatic N) is 5. The average Bonchev–Trinajstić information content (AvgIpc) is 3.05. The number of aliphatic hydroxyl groups excluding tert-OH is 2. The number of aliphatic imine (C=N–C) groups is 1. The number of rotatable bonds is 3. The van der Waals surface area contributed by atoms with Crippen molar-refractivity contribution in [3.8, 4) is 5.97 Å². The molecule has 3 rings (SSSR count). The number of aromatic nitrogens is 2. The Morgan fingerprint density at radius 1 is 1.62 bits per heavy atom. The number of hydrogen-bond acceptors (Lipinski definition) is 8. The van der Waals surface area contributed by atoms with Gasteiger partial charge in [0.1, 0.15) is 24.2 Å². The summed E-state index contributed by atoms with van der Waals surface area (Å²) in [6.45, 7) is -0.248. The van der Waals surface area contributed by atoms with Crippen LogP contribution >= 0.6 is 0 Å². The summed E-state index contributed by atoms with van der Waals surface area (Å²) in [5, 5.41) is 27.6. The third-order valence-corrected chi connectivity index (χ3v) is 3.61. The Morgan fingerprint density at radius 3 is 3.10 bits per heavy atom. The Kier molecular flexibility index (Phi) is 3.65. The molecule has 1 saturated heterocycles. The van der Waals surface area contributed by atoms with E-state index in [9.17, 15) is 5.11 Å². The van der Waals surface area contributed by atoms with Gasteiger partial charge in [0.25, 0.3) is 0 Å². The molecule has 1 fully saturated rings. The molecule has 4 N–H and O–H groups in total. The average molecular weight is 289 g/mol. The van der Waals surface area contributed by atoms with E-state index in [1.807, 2.05) is 5.97 Å². The van der Waals surface area contributed by atoms with E-state index in [1.54, 1.807) is 4.57 Å². The molecule has 1 aromatic rings. The summed E-state index contributed by atoms with van der Waals surface area (Å²) in [6, 6.07) is 0. The summed E-state index contributed by atoms with van der Waals surface area (Å²) in [5.41, 5.74) is 6.54. The lowest BCUT2D eigenvalue weighted by Gasteiger charge is -2.27. The summed E-state index contributed by atoms with van der Waals surface area (Å²) in [7, 11) is 1.26. The van der Waals surface area contributed by atoms with Gasteiger partial charge < -0.3 is 25.5 Å². The summed E-state index contributed by atoms with van der Waals surface area (Å²) >= 11 is 0. The van der Waals surface area contributed by atoms with Gasteiger partial charge in [-0.15, -0.1) is 0 Å². The van der Waals surface area contributed by atoms with E-state index in [4.69, 9.17) is 20.8 Å². The fraction of sp³-hybridized carbons (Fsp3) is 0.545. The standard InChI is InChI=1S/C11H14BN6O3/c13-3-12-18-5-16-11-9(10(18)14)15-4-17(11)8-1-6(20)7(2-19)21-8/h4-8,10,19-20H,1-2,14H2/t6-,7+,8+,10?/m0/s1. The Labute approximate surface area is 121 Å². The van der Waals surface area contributed by atoms with Gasteiger partial charge in [-0.25, -0.2) is 15.2 Å². The largest absolute Gasteiger partial charge is 0.394 e. The van der Waals surface area contributed by atoms with Crippen molar-refractivity contribution < 1.29 is 14.9 Å². The molecule has 10 heteroatoms. The van der Waals surface area contributed by atoms with Gasteiger partial charge in [-0.3, -0.25) is 4.57 Å². The van der Waals surface area contributed by atoms with Crippen LogP contribution in [-0.2, 0) is 4.74 Å². The fourth-order valence-electron chi connectivity index (χ4n) is 2.49. The van der Waals surface area contributed by atoms with Gasteiger partial charge in [0.15, 0.2) is 5.82 Å². The lowest BCUT2D eigenvalue weighted by Crippen LogP contribution is -2.38. The van der Waals surface area contributed by atoms with Crippen LogP contribution < -0.4 is 5.73 Å². The zero-order valence-corrected chi connectivity index (χ0v) is 11.1. The number of imidazole rings is 1. The molecule has 4 atom stereocenters. The van der Waals surface area contributed by atoms with E-state index in [2.05, 4.69) is 9.98 Å². The zero-order chi connectivity index (χ0) is 15.0. The predicted molar refractivity (Wildman–Crippen MR) is 72.1 cm³/mol. The molecule has 9 nitrogen and oxygen atoms in total. The Morgan fingerprint density at radius 2 is 2.43 bits per heavy atom. The lowest BCUT2D eigenvalue weighted by molar-refractivity contribution is -0.0438. The number of nitrogens with two attached hydrogens (primary N) is 1. The van der Waals surface area contributed by atoms with Crippen molar-refractivity contribution in [2.45, 2.75) is 31.0 Å². The van der Waals surface area contributed by atoms with Crippen LogP contribution in [0.2, 0.25) is 0 Å². The van der Waals surface area contributed by atoms with Gasteiger partial charge in [0.05, 0.1) is 25.4 Å². The van der Waals surface area contributed by atoms with Gasteiger partial charge in [0.2, 0.25) is 0 Å². The zero-order valence-electron chi connectivity index (χ0n) is 11.1. The Hall–Kier alpha value is -1.93. The molecule has 0 spiro atoms. The van der Waals surface area contributed by atoms with E-state index in [0.29, 0.717) is 17.9 Å². The van der Waals surface area contributed by atoms with Crippen molar-refractivity contribution in [2.75, 3.05) is 6.61 Å². The molecule has 21 heavy (non-hydrogen) atoms. The van der Waals surface area contributed by atoms with Crippen LogP contribution in [-0.4, -0.2) is 57.1 Å². The van der Waals surface area contributed by atoms with Crippen molar-refractivity contribution >= 4 is 19.6 Å². The van der Waals surface area contributed by atoms with Crippen LogP contribution in [0.25, 0.3) is 0 Å². The molecule has 1 radical (unpaired) electrons. The van der Waals surface area contributed by atoms with Crippen molar-refractivity contribution in [3.05, 3.63) is 12.0 Å². The highest BCUT2D eigenvalue weighted by atomic mass is 16.5. The van der Waals surface area contributed by atoms with Gasteiger partial charge in [-0.05, 0) is 0 Å². The van der Waals surface area contributed by atoms with E-state index in [0.717, 1.165) is 0 Å². The number of ether oxygens (including phenoxy) is 1. The second-order valence-corrected chi connectivity index (χ2v) is 4.87. The fourth-order valence-corrected chi connectivity index (χ4v) is 2.49. The van der Waals surface area contributed by atoms with Crippen LogP contribution in [0.15, 0.2) is 11.3 Å². The maximum Gasteiger partial charge on any atom is 0.389 e. The van der Waals surface area contributed by atoms with Gasteiger partial charge in [-0.2, -0.15) is 0 Å². The number of nitriles is 1. The van der Waals surface area contributed by atoms with E-state index in [-0.39, 0.29) is 6.61 Å². The topological polar surface area (TPSA) is 133 Å². The molecule has 2 aliphatic rings. The normalized spacial score (nSPS) is 31.0. The minimum atomic E-state index is -0.734. The van der Waals surface area contributed by atoms with Crippen LogP contribution in [0.3, 0.4) is 0 Å². The van der Waals surface area contributed by atoms with E-state index < -0.39 is 24.6 Å². The molecule has 0 aromatic carbocycles. The third kappa shape index (κ3) is 2.30. The first kappa shape index (κ1) is 14.0. The molecule has 109 valence electrons. The molecular weight excluding hydrogens is 275 g/mol. The molecule has 3 heterocycles. The van der Waals surface area contributed by atoms with Crippen LogP contribution in [0.4, 0.5) is 5.82 Å². The SMILES string of the molecule is N#C[B]N1C=Nc2c(ncn2[C@H]2C[C@H](O)[C@@H](CO)O2)C1N. The summed E-state index contributed by atoms with van der Waals surface area (Å²) < 4.78 is 7.25. The predicted octanol–water partition coefficient (Wildman–Crippen LogP) is -1.44. The minimum absolute atomic E-state index is 0.248. The molecule has 0 aliphatic carbocycles. The second kappa shape index (κ2) is 5.46. The Bertz CT molecular complexity index is 599. The molecule has 0 bridgehead atoms. The molecule has 0 saturated carbocycles. The molecule has 0 amide bonds. The Balaban J connectivity index is 1.86. The van der Waals surface area contributed by atoms with Gasteiger partial charge >= 0.3 is 7.41 Å². The summed E-state index contributed by atoms with van der Waals surface area (Å²) in [4.78, 5) is 9.92. The van der Waals surface area contributed by atoms with Crippen molar-refractivity contribution in [3.63, 3.8) is 0 Å². The highest BCUT2D eigenvalue weighted by molar-refractivity contribution is 6.44. The maximum atomic E-state index is 9.80. The van der Waals surface area contributed by atoms with Gasteiger partial charge in [0, 0.05) is 12.4 Å². The highest BCUT2D eigenvalue weighted by Gasteiger charge is 2.37. The second-order valence-electron chi connectivity index (χ2n) is 4.87. The van der Waals surface area contributed by atoms with Crippen LogP contribution in [0.5, 0.6) is 0 Å². The molecule has 1 aromatic heterocycles. The molecule has 1 unspecified atom stereocenters. The highest BCUT2D eigenvalue weighted by Crippen LogP contribution is 2.36. The van der Waals surface area contributed by atoms with E-state index in [1.165, 1.54) is 24.9 Å². The summed E-state index contributed by atoms with van der Waals surface area (Å²) in [5.74, 6) is 2.42. The first-order chi connectivity index (χ1) is 10.2. The minimum Gasteiger partial charge on any atom is -0.394 e. The lowest BCUT2D eigenvalue weighted by atomic mass is 9.93. The van der Waals surface area contributed by atoms with E-state index >= 15 is 0 Å². The maximum absolute atomic E-state index is 9.80. The third-order valence-electron chi connectivity index (χ3n) is 3.61. The smallest absolute Gasteiger partial charge is 0.389 e. The van der Waals surface area contributed by atoms with Crippen molar-refractivity contribution in [2.24, 2.45) is 10.7 Å².